The van der Waals surface area contributed by atoms with Crippen LogP contribution < -0.4 is 5.32 Å². The molecule has 1 aliphatic heterocycles. The van der Waals surface area contributed by atoms with E-state index in [0.717, 1.165) is 6.07 Å². The van der Waals surface area contributed by atoms with Gasteiger partial charge in [0.05, 0.1) is 10.6 Å². The highest BCUT2D eigenvalue weighted by Crippen LogP contribution is 2.46. The van der Waals surface area contributed by atoms with Crippen molar-refractivity contribution in [1.82, 2.24) is 5.32 Å². The van der Waals surface area contributed by atoms with Crippen LogP contribution in [0.5, 0.6) is 0 Å². The van der Waals surface area contributed by atoms with Crippen LogP contribution in [0.2, 0.25) is 5.02 Å². The molecule has 0 amide bonds. The number of halogens is 6. The number of rotatable bonds is 2. The van der Waals surface area contributed by atoms with Crippen LogP contribution in [-0.4, -0.2) is 25.0 Å². The van der Waals surface area contributed by atoms with Crippen molar-refractivity contribution >= 4 is 33.3 Å². The Labute approximate surface area is 125 Å². The van der Waals surface area contributed by atoms with E-state index in [2.05, 4.69) is 21.2 Å². The van der Waals surface area contributed by atoms with Gasteiger partial charge in [-0.2, -0.15) is 13.2 Å². The lowest BCUT2D eigenvalue weighted by molar-refractivity contribution is -0.197. The minimum atomic E-state index is -4.75. The molecule has 0 bridgehead atoms. The van der Waals surface area contributed by atoms with Crippen LogP contribution in [0, 0.1) is 11.2 Å². The Morgan fingerprint density at radius 1 is 1.40 bits per heavy atom. The van der Waals surface area contributed by atoms with Gasteiger partial charge in [-0.3, -0.25) is 4.79 Å². The third-order valence-electron chi connectivity index (χ3n) is 3.41. The van der Waals surface area contributed by atoms with Gasteiger partial charge in [0.2, 0.25) is 0 Å². The molecule has 1 saturated heterocycles. The van der Waals surface area contributed by atoms with Crippen LogP contribution in [0.25, 0.3) is 0 Å². The minimum absolute atomic E-state index is 0.0527. The van der Waals surface area contributed by atoms with Crippen LogP contribution >= 0.6 is 27.5 Å². The predicted octanol–water partition coefficient (Wildman–Crippen LogP) is 3.97. The molecule has 0 radical (unpaired) electrons. The maximum atomic E-state index is 14.0. The van der Waals surface area contributed by atoms with Gasteiger partial charge >= 0.3 is 6.18 Å². The number of benzene rings is 1. The van der Waals surface area contributed by atoms with Crippen LogP contribution in [0.3, 0.4) is 0 Å². The van der Waals surface area contributed by atoms with Gasteiger partial charge in [0.1, 0.15) is 5.41 Å². The Hall–Kier alpha value is -0.660. The van der Waals surface area contributed by atoms with Gasteiger partial charge < -0.3 is 5.32 Å². The molecule has 0 saturated carbocycles. The molecular formula is C12H9BrClF4NO. The molecule has 2 rings (SSSR count). The third-order valence-corrected chi connectivity index (χ3v) is 4.67. The Balaban J connectivity index is 2.52. The van der Waals surface area contributed by atoms with E-state index in [9.17, 15) is 22.4 Å². The topological polar surface area (TPSA) is 29.1 Å². The van der Waals surface area contributed by atoms with E-state index >= 15 is 0 Å². The van der Waals surface area contributed by atoms with Crippen molar-refractivity contribution in [3.05, 3.63) is 33.0 Å². The Morgan fingerprint density at radius 3 is 2.55 bits per heavy atom. The summed E-state index contributed by atoms with van der Waals surface area (Å²) in [6, 6.07) is 2.27. The molecular weight excluding hydrogens is 365 g/mol. The van der Waals surface area contributed by atoms with E-state index < -0.39 is 46.7 Å². The first-order valence-electron chi connectivity index (χ1n) is 5.66. The van der Waals surface area contributed by atoms with Gasteiger partial charge in [-0.25, -0.2) is 4.39 Å². The Kier molecular flexibility index (Phi) is 4.15. The van der Waals surface area contributed by atoms with Crippen molar-refractivity contribution in [3.8, 4) is 0 Å². The molecule has 2 nitrogen and oxygen atoms in total. The van der Waals surface area contributed by atoms with E-state index in [1.807, 2.05) is 0 Å². The van der Waals surface area contributed by atoms with E-state index in [1.165, 1.54) is 6.07 Å². The molecule has 1 aromatic carbocycles. The predicted molar refractivity (Wildman–Crippen MR) is 69.4 cm³/mol. The molecule has 1 heterocycles. The summed E-state index contributed by atoms with van der Waals surface area (Å²) < 4.78 is 53.8. The molecule has 1 fully saturated rings. The number of carbonyl (C=O) groups excluding carboxylic acids is 1. The fraction of sp³-hybridized carbons (Fsp3) is 0.417. The zero-order chi connectivity index (χ0) is 15.1. The molecule has 0 aliphatic carbocycles. The van der Waals surface area contributed by atoms with Crippen molar-refractivity contribution in [1.29, 1.82) is 0 Å². The molecule has 20 heavy (non-hydrogen) atoms. The SMILES string of the molecule is O=C(c1ccc(Br)c(Cl)c1F)C1(C(F)(F)F)CCNC1. The first-order valence-corrected chi connectivity index (χ1v) is 6.83. The summed E-state index contributed by atoms with van der Waals surface area (Å²) in [5.41, 5.74) is -3.23. The summed E-state index contributed by atoms with van der Waals surface area (Å²) in [6.07, 6.45) is -5.16. The minimum Gasteiger partial charge on any atom is -0.315 e. The van der Waals surface area contributed by atoms with E-state index in [1.54, 1.807) is 0 Å². The second-order valence-corrected chi connectivity index (χ2v) is 5.79. The standard InChI is InChI=1S/C12H9BrClF4NO/c13-7-2-1-6(9(15)8(7)14)10(20)11(12(16,17)18)3-4-19-5-11/h1-2,19H,3-5H2. The lowest BCUT2D eigenvalue weighted by atomic mass is 9.78. The largest absolute Gasteiger partial charge is 0.402 e. The van der Waals surface area contributed by atoms with Crippen LogP contribution in [-0.2, 0) is 0 Å². The van der Waals surface area contributed by atoms with Crippen LogP contribution in [0.15, 0.2) is 16.6 Å². The average Bonchev–Trinajstić information content (AvgIpc) is 2.85. The molecule has 1 aliphatic rings. The first kappa shape index (κ1) is 15.7. The number of Topliss-reactive ketones (excluding diaryl/α,β-unsaturated/α-hetero) is 1. The molecule has 0 aromatic heterocycles. The molecule has 1 N–H and O–H groups in total. The molecule has 8 heteroatoms. The van der Waals surface area contributed by atoms with Gasteiger partial charge in [-0.05, 0) is 41.0 Å². The van der Waals surface area contributed by atoms with Gasteiger partial charge in [0.25, 0.3) is 0 Å². The fourth-order valence-electron chi connectivity index (χ4n) is 2.22. The van der Waals surface area contributed by atoms with E-state index in [-0.39, 0.29) is 11.0 Å². The van der Waals surface area contributed by atoms with E-state index in [4.69, 9.17) is 11.6 Å². The maximum Gasteiger partial charge on any atom is 0.402 e. The summed E-state index contributed by atoms with van der Waals surface area (Å²) in [6.45, 7) is -0.500. The van der Waals surface area contributed by atoms with Crippen molar-refractivity contribution in [3.63, 3.8) is 0 Å². The van der Waals surface area contributed by atoms with Gasteiger partial charge in [0, 0.05) is 11.0 Å². The maximum absolute atomic E-state index is 14.0. The lowest BCUT2D eigenvalue weighted by Crippen LogP contribution is -2.47. The summed E-state index contributed by atoms with van der Waals surface area (Å²) >= 11 is 8.57. The second kappa shape index (κ2) is 5.27. The zero-order valence-corrected chi connectivity index (χ0v) is 12.3. The lowest BCUT2D eigenvalue weighted by Gasteiger charge is -2.29. The number of hydrogen-bond donors (Lipinski definition) is 1. The fourth-order valence-corrected chi connectivity index (χ4v) is 2.69. The average molecular weight is 375 g/mol. The highest BCUT2D eigenvalue weighted by molar-refractivity contribution is 9.10. The number of nitrogens with one attached hydrogen (secondary N) is 1. The molecule has 0 spiro atoms. The van der Waals surface area contributed by atoms with Crippen molar-refractivity contribution in [2.24, 2.45) is 5.41 Å². The normalized spacial score (nSPS) is 23.1. The van der Waals surface area contributed by atoms with Crippen LogP contribution in [0.4, 0.5) is 17.6 Å². The van der Waals surface area contributed by atoms with Crippen molar-refractivity contribution in [2.75, 3.05) is 13.1 Å². The van der Waals surface area contributed by atoms with Crippen molar-refractivity contribution < 1.29 is 22.4 Å². The monoisotopic (exact) mass is 373 g/mol. The highest BCUT2D eigenvalue weighted by atomic mass is 79.9. The Bertz CT molecular complexity index is 555. The summed E-state index contributed by atoms with van der Waals surface area (Å²) in [7, 11) is 0. The number of alkyl halides is 3. The first-order chi connectivity index (χ1) is 9.21. The van der Waals surface area contributed by atoms with Gasteiger partial charge in [-0.1, -0.05) is 11.6 Å². The third kappa shape index (κ3) is 2.35. The van der Waals surface area contributed by atoms with Gasteiger partial charge in [0.15, 0.2) is 11.6 Å². The molecule has 1 aromatic rings. The zero-order valence-electron chi connectivity index (χ0n) is 9.95. The Morgan fingerprint density at radius 2 is 2.05 bits per heavy atom. The summed E-state index contributed by atoms with van der Waals surface area (Å²) in [5, 5.41) is 2.11. The van der Waals surface area contributed by atoms with Gasteiger partial charge in [-0.15, -0.1) is 0 Å². The number of carbonyl (C=O) groups is 1. The summed E-state index contributed by atoms with van der Waals surface area (Å²) in [5.74, 6) is -2.43. The summed E-state index contributed by atoms with van der Waals surface area (Å²) in [4.78, 5) is 12.2. The second-order valence-electron chi connectivity index (χ2n) is 4.56. The number of hydrogen-bond acceptors (Lipinski definition) is 2. The van der Waals surface area contributed by atoms with Crippen molar-refractivity contribution in [2.45, 2.75) is 12.6 Å². The molecule has 1 unspecified atom stereocenters. The number of ketones is 1. The van der Waals surface area contributed by atoms with E-state index in [0.29, 0.717) is 0 Å². The smallest absolute Gasteiger partial charge is 0.315 e. The molecule has 110 valence electrons. The van der Waals surface area contributed by atoms with Crippen LogP contribution in [0.1, 0.15) is 16.8 Å². The quantitative estimate of drug-likeness (QED) is 0.482. The molecule has 1 atom stereocenters. The highest BCUT2D eigenvalue weighted by Gasteiger charge is 2.61.